The maximum atomic E-state index is 13.8. The quantitative estimate of drug-likeness (QED) is 0.344. The molecule has 0 radical (unpaired) electrons. The molecule has 4 aromatic rings. The monoisotopic (exact) mass is 543 g/mol. The van der Waals surface area contributed by atoms with Crippen molar-refractivity contribution in [3.8, 4) is 22.6 Å². The van der Waals surface area contributed by atoms with E-state index in [0.717, 1.165) is 29.2 Å². The first-order chi connectivity index (χ1) is 18.0. The van der Waals surface area contributed by atoms with E-state index in [1.54, 1.807) is 6.20 Å². The Morgan fingerprint density at radius 1 is 1.03 bits per heavy atom. The summed E-state index contributed by atoms with van der Waals surface area (Å²) in [6.07, 6.45) is 1.61. The van der Waals surface area contributed by atoms with Crippen molar-refractivity contribution < 1.29 is 21.6 Å². The topological polar surface area (TPSA) is 99.7 Å². The van der Waals surface area contributed by atoms with E-state index in [4.69, 9.17) is 0 Å². The third-order valence-corrected chi connectivity index (χ3v) is 8.92. The maximum absolute atomic E-state index is 13.8. The zero-order valence-electron chi connectivity index (χ0n) is 20.7. The second kappa shape index (κ2) is 8.48. The molecule has 198 valence electrons. The summed E-state index contributed by atoms with van der Waals surface area (Å²) in [6, 6.07) is 5.61. The lowest BCUT2D eigenvalue weighted by atomic mass is 10.1. The van der Waals surface area contributed by atoms with Gasteiger partial charge in [0.2, 0.25) is 0 Å². The predicted octanol–water partition coefficient (Wildman–Crippen LogP) is 4.88. The van der Waals surface area contributed by atoms with Gasteiger partial charge in [0.05, 0.1) is 16.2 Å². The number of nitrogens with zero attached hydrogens (tertiary/aromatic N) is 5. The van der Waals surface area contributed by atoms with Gasteiger partial charge in [0.15, 0.2) is 15.7 Å². The fourth-order valence-electron chi connectivity index (χ4n) is 4.78. The average Bonchev–Trinajstić information content (AvgIpc) is 3.81. The lowest BCUT2D eigenvalue weighted by Crippen LogP contribution is -2.28. The number of pyridine rings is 3. The zero-order chi connectivity index (χ0) is 27.0. The Bertz CT molecular complexity index is 1750. The molecule has 2 aliphatic carbocycles. The van der Waals surface area contributed by atoms with Crippen LogP contribution in [0.25, 0.3) is 33.7 Å². The van der Waals surface area contributed by atoms with Crippen molar-refractivity contribution in [2.24, 2.45) is 7.05 Å². The molecule has 0 atom stereocenters. The fourth-order valence-corrected chi connectivity index (χ4v) is 5.84. The Labute approximate surface area is 216 Å². The van der Waals surface area contributed by atoms with Gasteiger partial charge >= 0.3 is 6.18 Å². The van der Waals surface area contributed by atoms with Gasteiger partial charge in [0, 0.05) is 48.2 Å². The number of aryl methyl sites for hydroxylation is 1. The van der Waals surface area contributed by atoms with Gasteiger partial charge in [-0.15, -0.1) is 0 Å². The summed E-state index contributed by atoms with van der Waals surface area (Å²) in [6.45, 7) is 1.50. The minimum Gasteiger partial charge on any atom is -0.321 e. The molecule has 2 aliphatic rings. The number of hydrogen-bond acceptors (Lipinski definition) is 6. The number of aromatic nitrogens is 5. The van der Waals surface area contributed by atoms with Crippen molar-refractivity contribution in [1.29, 1.82) is 0 Å². The Morgan fingerprint density at radius 3 is 2.32 bits per heavy atom. The fraction of sp³-hybridized carbons (Fsp3) is 0.385. The Hall–Kier alpha value is -3.54. The van der Waals surface area contributed by atoms with Gasteiger partial charge in [0.1, 0.15) is 16.9 Å². The summed E-state index contributed by atoms with van der Waals surface area (Å²) in [4.78, 5) is 26.4. The number of alkyl halides is 3. The molecule has 0 unspecified atom stereocenters. The summed E-state index contributed by atoms with van der Waals surface area (Å²) in [5.41, 5.74) is 0.119. The molecule has 6 rings (SSSR count). The zero-order valence-corrected chi connectivity index (χ0v) is 21.5. The molecule has 2 saturated carbocycles. The van der Waals surface area contributed by atoms with Gasteiger partial charge in [-0.2, -0.15) is 13.2 Å². The first kappa shape index (κ1) is 24.8. The first-order valence-electron chi connectivity index (χ1n) is 12.4. The maximum Gasteiger partial charge on any atom is 0.431 e. The molecule has 4 aromatic heterocycles. The normalized spacial score (nSPS) is 16.3. The van der Waals surface area contributed by atoms with E-state index in [9.17, 15) is 26.4 Å². The molecule has 0 bridgehead atoms. The highest BCUT2D eigenvalue weighted by Gasteiger charge is 2.40. The van der Waals surface area contributed by atoms with E-state index in [1.807, 2.05) is 12.1 Å². The minimum atomic E-state index is -4.74. The van der Waals surface area contributed by atoms with Crippen LogP contribution in [0.1, 0.15) is 56.0 Å². The highest BCUT2D eigenvalue weighted by molar-refractivity contribution is 7.91. The van der Waals surface area contributed by atoms with Gasteiger partial charge in [-0.25, -0.2) is 13.4 Å². The molecule has 4 heterocycles. The molecule has 38 heavy (non-hydrogen) atoms. The molecule has 0 spiro atoms. The second-order valence-corrected chi connectivity index (χ2v) is 12.1. The van der Waals surface area contributed by atoms with Crippen LogP contribution in [0.15, 0.2) is 46.3 Å². The van der Waals surface area contributed by atoms with Crippen LogP contribution in [-0.4, -0.2) is 38.3 Å². The van der Waals surface area contributed by atoms with Crippen LogP contribution in [0.3, 0.4) is 0 Å². The van der Waals surface area contributed by atoms with Gasteiger partial charge < -0.3 is 4.57 Å². The molecule has 0 aliphatic heterocycles. The van der Waals surface area contributed by atoms with Crippen molar-refractivity contribution in [1.82, 2.24) is 24.1 Å². The number of imidazole rings is 1. The highest BCUT2D eigenvalue weighted by atomic mass is 32.2. The SMILES string of the molecule is CCS(=O)(=O)c1cc(-c2ccc(C3CC3)nc2)cnc1-c1nc2cc(C(F)(F)F)n(C3CC3)c(=O)c2n1C. The smallest absolute Gasteiger partial charge is 0.321 e. The summed E-state index contributed by atoms with van der Waals surface area (Å²) >= 11 is 0. The number of halogens is 3. The van der Waals surface area contributed by atoms with Crippen molar-refractivity contribution in [3.63, 3.8) is 0 Å². The number of rotatable bonds is 6. The average molecular weight is 544 g/mol. The van der Waals surface area contributed by atoms with Crippen LogP contribution in [0.5, 0.6) is 0 Å². The number of fused-ring (bicyclic) bond motifs is 1. The molecule has 8 nitrogen and oxygen atoms in total. The van der Waals surface area contributed by atoms with Crippen molar-refractivity contribution in [2.75, 3.05) is 5.75 Å². The van der Waals surface area contributed by atoms with Gasteiger partial charge in [0.25, 0.3) is 5.56 Å². The van der Waals surface area contributed by atoms with Gasteiger partial charge in [-0.3, -0.25) is 19.3 Å². The molecule has 0 N–H and O–H groups in total. The summed E-state index contributed by atoms with van der Waals surface area (Å²) < 4.78 is 69.9. The van der Waals surface area contributed by atoms with Gasteiger partial charge in [-0.1, -0.05) is 13.0 Å². The molecule has 0 saturated heterocycles. The van der Waals surface area contributed by atoms with Crippen LogP contribution < -0.4 is 5.56 Å². The van der Waals surface area contributed by atoms with Crippen molar-refractivity contribution in [3.05, 3.63) is 58.4 Å². The summed E-state index contributed by atoms with van der Waals surface area (Å²) in [7, 11) is -2.34. The third kappa shape index (κ3) is 4.11. The third-order valence-electron chi connectivity index (χ3n) is 7.17. The lowest BCUT2D eigenvalue weighted by Gasteiger charge is -2.15. The van der Waals surface area contributed by atoms with Crippen LogP contribution >= 0.6 is 0 Å². The van der Waals surface area contributed by atoms with Crippen LogP contribution in [-0.2, 0) is 23.1 Å². The summed E-state index contributed by atoms with van der Waals surface area (Å²) in [5, 5.41) is 0. The predicted molar refractivity (Wildman–Crippen MR) is 134 cm³/mol. The Morgan fingerprint density at radius 2 is 1.74 bits per heavy atom. The van der Waals surface area contributed by atoms with Crippen LogP contribution in [0.2, 0.25) is 0 Å². The highest BCUT2D eigenvalue weighted by Crippen LogP contribution is 2.41. The van der Waals surface area contributed by atoms with E-state index in [2.05, 4.69) is 15.0 Å². The standard InChI is InChI=1S/C26H24F3N5O3S/c1-3-38(36,37)20-10-16(15-6-9-18(30-12-15)14-4-5-14)13-31-22(20)24-32-19-11-21(26(27,28)29)34(17-7-8-17)25(35)23(19)33(24)2/h6,9-14,17H,3-5,7-8H2,1-2H3. The molecule has 0 amide bonds. The number of sulfone groups is 1. The molecular weight excluding hydrogens is 519 g/mol. The first-order valence-corrected chi connectivity index (χ1v) is 14.0. The van der Waals surface area contributed by atoms with Crippen LogP contribution in [0.4, 0.5) is 13.2 Å². The molecular formula is C26H24F3N5O3S. The van der Waals surface area contributed by atoms with E-state index < -0.39 is 33.3 Å². The Balaban J connectivity index is 1.54. The lowest BCUT2D eigenvalue weighted by molar-refractivity contribution is -0.144. The van der Waals surface area contributed by atoms with Crippen molar-refractivity contribution >= 4 is 20.9 Å². The molecule has 2 fully saturated rings. The Kier molecular flexibility index (Phi) is 5.53. The second-order valence-electron chi connectivity index (χ2n) is 9.88. The minimum absolute atomic E-state index is 0.000414. The molecule has 0 aromatic carbocycles. The van der Waals surface area contributed by atoms with Crippen LogP contribution in [0, 0.1) is 0 Å². The van der Waals surface area contributed by atoms with E-state index >= 15 is 0 Å². The largest absolute Gasteiger partial charge is 0.431 e. The molecule has 12 heteroatoms. The van der Waals surface area contributed by atoms with E-state index in [-0.39, 0.29) is 33.2 Å². The van der Waals surface area contributed by atoms with E-state index in [0.29, 0.717) is 29.9 Å². The van der Waals surface area contributed by atoms with E-state index in [1.165, 1.54) is 30.8 Å². The van der Waals surface area contributed by atoms with Crippen molar-refractivity contribution in [2.45, 2.75) is 55.6 Å². The number of hydrogen-bond donors (Lipinski definition) is 0. The summed E-state index contributed by atoms with van der Waals surface area (Å²) in [5.74, 6) is 0.251. The van der Waals surface area contributed by atoms with Gasteiger partial charge in [-0.05, 0) is 43.9 Å².